The maximum absolute atomic E-state index is 13.7. The Morgan fingerprint density at radius 2 is 2.25 bits per heavy atom. The Morgan fingerprint density at radius 1 is 1.45 bits per heavy atom. The Balaban J connectivity index is 1.91. The Morgan fingerprint density at radius 3 is 3.00 bits per heavy atom. The minimum Gasteiger partial charge on any atom is -0.481 e. The minimum atomic E-state index is -0.883. The molecule has 1 aliphatic rings. The molecule has 1 aliphatic heterocycles. The van der Waals surface area contributed by atoms with Gasteiger partial charge in [0.2, 0.25) is 0 Å². The molecule has 2 heterocycles. The van der Waals surface area contributed by atoms with Crippen LogP contribution in [0.2, 0.25) is 0 Å². The molecule has 2 atom stereocenters. The van der Waals surface area contributed by atoms with Gasteiger partial charge in [-0.05, 0) is 18.6 Å². The quantitative estimate of drug-likeness (QED) is 0.933. The number of aromatic nitrogens is 2. The first-order chi connectivity index (χ1) is 9.66. The van der Waals surface area contributed by atoms with Crippen molar-refractivity contribution in [3.63, 3.8) is 0 Å². The summed E-state index contributed by atoms with van der Waals surface area (Å²) in [5.41, 5.74) is 0.974. The van der Waals surface area contributed by atoms with E-state index in [0.29, 0.717) is 24.3 Å². The fraction of sp³-hybridized carbons (Fsp3) is 0.286. The van der Waals surface area contributed by atoms with Crippen LogP contribution in [0.5, 0.6) is 0 Å². The molecule has 1 saturated heterocycles. The highest BCUT2D eigenvalue weighted by Gasteiger charge is 2.36. The molecule has 5 nitrogen and oxygen atoms in total. The number of aliphatic carboxylic acids is 1. The zero-order chi connectivity index (χ0) is 14.1. The molecule has 1 fully saturated rings. The molecule has 6 heteroatoms. The van der Waals surface area contributed by atoms with Gasteiger partial charge >= 0.3 is 5.97 Å². The molecule has 1 aromatic heterocycles. The average Bonchev–Trinajstić information content (AvgIpc) is 3.07. The molecule has 1 aromatic carbocycles. The summed E-state index contributed by atoms with van der Waals surface area (Å²) < 4.78 is 20.5. The third kappa shape index (κ3) is 2.18. The number of hydrogen-bond acceptors (Lipinski definition) is 3. The highest BCUT2D eigenvalue weighted by atomic mass is 19.1. The zero-order valence-electron chi connectivity index (χ0n) is 10.6. The van der Waals surface area contributed by atoms with E-state index in [1.165, 1.54) is 16.9 Å². The zero-order valence-corrected chi connectivity index (χ0v) is 10.6. The van der Waals surface area contributed by atoms with Gasteiger partial charge in [0.25, 0.3) is 0 Å². The fourth-order valence-corrected chi connectivity index (χ4v) is 2.42. The standard InChI is InChI=1S/C14H13FN2O3/c15-11-3-1-2-4-12(11)17-8-9(7-16-17)13-10(14(18)19)5-6-20-13/h1-4,7-8,10,13H,5-6H2,(H,18,19)/t10-,13-/m0/s1. The Labute approximate surface area is 114 Å². The summed E-state index contributed by atoms with van der Waals surface area (Å²) in [6.07, 6.45) is 3.10. The van der Waals surface area contributed by atoms with E-state index in [4.69, 9.17) is 9.84 Å². The van der Waals surface area contributed by atoms with Gasteiger partial charge in [-0.15, -0.1) is 0 Å². The molecule has 0 amide bonds. The molecule has 0 bridgehead atoms. The summed E-state index contributed by atoms with van der Waals surface area (Å²) in [5.74, 6) is -1.84. The summed E-state index contributed by atoms with van der Waals surface area (Å²) >= 11 is 0. The largest absolute Gasteiger partial charge is 0.481 e. The molecule has 0 spiro atoms. The number of ether oxygens (including phenoxy) is 1. The maximum atomic E-state index is 13.7. The smallest absolute Gasteiger partial charge is 0.309 e. The first-order valence-corrected chi connectivity index (χ1v) is 6.30. The van der Waals surface area contributed by atoms with Crippen LogP contribution in [0.3, 0.4) is 0 Å². The van der Waals surface area contributed by atoms with Crippen molar-refractivity contribution in [1.29, 1.82) is 0 Å². The molecule has 20 heavy (non-hydrogen) atoms. The van der Waals surface area contributed by atoms with Crippen LogP contribution in [0.4, 0.5) is 4.39 Å². The van der Waals surface area contributed by atoms with Crippen molar-refractivity contribution in [3.8, 4) is 5.69 Å². The predicted octanol–water partition coefficient (Wildman–Crippen LogP) is 2.17. The van der Waals surface area contributed by atoms with Gasteiger partial charge in [-0.25, -0.2) is 9.07 Å². The van der Waals surface area contributed by atoms with Gasteiger partial charge < -0.3 is 9.84 Å². The summed E-state index contributed by atoms with van der Waals surface area (Å²) in [7, 11) is 0. The van der Waals surface area contributed by atoms with Gasteiger partial charge in [0.1, 0.15) is 11.5 Å². The van der Waals surface area contributed by atoms with E-state index in [9.17, 15) is 9.18 Å². The van der Waals surface area contributed by atoms with Crippen LogP contribution >= 0.6 is 0 Å². The number of nitrogens with zero attached hydrogens (tertiary/aromatic N) is 2. The average molecular weight is 276 g/mol. The number of carboxylic acid groups (broad SMARTS) is 1. The number of rotatable bonds is 3. The molecule has 0 unspecified atom stereocenters. The van der Waals surface area contributed by atoms with Gasteiger partial charge in [-0.1, -0.05) is 12.1 Å². The monoisotopic (exact) mass is 276 g/mol. The summed E-state index contributed by atoms with van der Waals surface area (Å²) in [6, 6.07) is 6.27. The molecule has 0 radical (unpaired) electrons. The van der Waals surface area contributed by atoms with Crippen molar-refractivity contribution < 1.29 is 19.0 Å². The number of para-hydroxylation sites is 1. The number of benzene rings is 1. The number of carboxylic acids is 1. The normalized spacial score (nSPS) is 22.1. The minimum absolute atomic E-state index is 0.323. The Hall–Kier alpha value is -2.21. The second-order valence-electron chi connectivity index (χ2n) is 4.69. The number of carbonyl (C=O) groups is 1. The maximum Gasteiger partial charge on any atom is 0.309 e. The van der Waals surface area contributed by atoms with Crippen LogP contribution in [0.1, 0.15) is 18.1 Å². The number of halogens is 1. The second-order valence-corrected chi connectivity index (χ2v) is 4.69. The van der Waals surface area contributed by atoms with E-state index in [1.54, 1.807) is 24.4 Å². The van der Waals surface area contributed by atoms with E-state index in [-0.39, 0.29) is 5.82 Å². The molecule has 0 aliphatic carbocycles. The topological polar surface area (TPSA) is 64.3 Å². The second kappa shape index (κ2) is 5.05. The van der Waals surface area contributed by atoms with Crippen molar-refractivity contribution >= 4 is 5.97 Å². The van der Waals surface area contributed by atoms with Crippen molar-refractivity contribution in [2.24, 2.45) is 5.92 Å². The Bertz CT molecular complexity index is 641. The highest BCUT2D eigenvalue weighted by molar-refractivity contribution is 5.71. The molecular weight excluding hydrogens is 263 g/mol. The van der Waals surface area contributed by atoms with Crippen LogP contribution in [-0.4, -0.2) is 27.5 Å². The van der Waals surface area contributed by atoms with E-state index in [2.05, 4.69) is 5.10 Å². The van der Waals surface area contributed by atoms with Crippen molar-refractivity contribution in [1.82, 2.24) is 9.78 Å². The lowest BCUT2D eigenvalue weighted by Gasteiger charge is -2.12. The lowest BCUT2D eigenvalue weighted by atomic mass is 9.98. The van der Waals surface area contributed by atoms with Gasteiger partial charge in [-0.2, -0.15) is 5.10 Å². The predicted molar refractivity (Wildman–Crippen MR) is 68.0 cm³/mol. The van der Waals surface area contributed by atoms with Crippen LogP contribution in [0.25, 0.3) is 5.69 Å². The van der Waals surface area contributed by atoms with Gasteiger partial charge in [0, 0.05) is 18.4 Å². The Kier molecular flexibility index (Phi) is 3.23. The summed E-state index contributed by atoms with van der Waals surface area (Å²) in [4.78, 5) is 11.1. The summed E-state index contributed by atoms with van der Waals surface area (Å²) in [5, 5.41) is 13.2. The third-order valence-electron chi connectivity index (χ3n) is 3.44. The van der Waals surface area contributed by atoms with Gasteiger partial charge in [0.05, 0.1) is 18.2 Å². The van der Waals surface area contributed by atoms with Crippen molar-refractivity contribution in [2.45, 2.75) is 12.5 Å². The molecule has 0 saturated carbocycles. The molecule has 2 aromatic rings. The number of hydrogen-bond donors (Lipinski definition) is 1. The van der Waals surface area contributed by atoms with Crippen LogP contribution in [-0.2, 0) is 9.53 Å². The fourth-order valence-electron chi connectivity index (χ4n) is 2.42. The lowest BCUT2D eigenvalue weighted by Crippen LogP contribution is -2.17. The molecule has 3 rings (SSSR count). The van der Waals surface area contributed by atoms with Crippen molar-refractivity contribution in [2.75, 3.05) is 6.61 Å². The van der Waals surface area contributed by atoms with Gasteiger partial charge in [0.15, 0.2) is 0 Å². The van der Waals surface area contributed by atoms with Crippen LogP contribution < -0.4 is 0 Å². The molecule has 104 valence electrons. The van der Waals surface area contributed by atoms with Crippen LogP contribution in [0, 0.1) is 11.7 Å². The van der Waals surface area contributed by atoms with Gasteiger partial charge in [-0.3, -0.25) is 4.79 Å². The first kappa shape index (κ1) is 12.8. The SMILES string of the molecule is O=C(O)[C@H]1CCO[C@H]1c1cnn(-c2ccccc2F)c1. The van der Waals surface area contributed by atoms with E-state index < -0.39 is 18.0 Å². The summed E-state index contributed by atoms with van der Waals surface area (Å²) in [6.45, 7) is 0.409. The van der Waals surface area contributed by atoms with Crippen molar-refractivity contribution in [3.05, 3.63) is 48.0 Å². The lowest BCUT2D eigenvalue weighted by molar-refractivity contribution is -0.143. The van der Waals surface area contributed by atoms with E-state index in [0.717, 1.165) is 0 Å². The third-order valence-corrected chi connectivity index (χ3v) is 3.44. The van der Waals surface area contributed by atoms with Crippen LogP contribution in [0.15, 0.2) is 36.7 Å². The van der Waals surface area contributed by atoms with E-state index >= 15 is 0 Å². The first-order valence-electron chi connectivity index (χ1n) is 6.30. The molecule has 1 N–H and O–H groups in total. The molecular formula is C14H13FN2O3. The highest BCUT2D eigenvalue weighted by Crippen LogP contribution is 2.34. The van der Waals surface area contributed by atoms with E-state index in [1.807, 2.05) is 0 Å².